The van der Waals surface area contributed by atoms with E-state index < -0.39 is 5.91 Å². The van der Waals surface area contributed by atoms with E-state index in [0.717, 1.165) is 55.1 Å². The standard InChI is InChI=1S/C21H28ClN5O2S/c1-2-24-21(25-13-16-4-3-5-17(12-16)29-15-20(23)28)27-10-8-26(9-11-27)14-18-6-7-19(22)30-18/h3-7,12H,2,8-11,13-15H2,1H3,(H2,23,28)(H,24,25). The number of carbonyl (C=O) groups excluding carboxylic acids is 1. The normalized spacial score (nSPS) is 15.3. The average molecular weight is 450 g/mol. The van der Waals surface area contributed by atoms with Crippen molar-refractivity contribution in [3.8, 4) is 5.75 Å². The molecule has 0 atom stereocenters. The largest absolute Gasteiger partial charge is 0.484 e. The number of primary amides is 1. The predicted octanol–water partition coefficient (Wildman–Crippen LogP) is 2.55. The molecule has 3 rings (SSSR count). The third kappa shape index (κ3) is 6.90. The van der Waals surface area contributed by atoms with Gasteiger partial charge in [0.25, 0.3) is 5.91 Å². The number of benzene rings is 1. The van der Waals surface area contributed by atoms with Crippen LogP contribution in [0.15, 0.2) is 41.4 Å². The molecule has 1 aromatic heterocycles. The quantitative estimate of drug-likeness (QED) is 0.478. The lowest BCUT2D eigenvalue weighted by molar-refractivity contribution is -0.119. The predicted molar refractivity (Wildman–Crippen MR) is 122 cm³/mol. The Balaban J connectivity index is 1.56. The fourth-order valence-corrected chi connectivity index (χ4v) is 4.39. The Morgan fingerprint density at radius 2 is 2.07 bits per heavy atom. The van der Waals surface area contributed by atoms with Crippen molar-refractivity contribution in [3.63, 3.8) is 0 Å². The number of guanidine groups is 1. The molecule has 0 saturated carbocycles. The number of piperazine rings is 1. The molecule has 0 aliphatic carbocycles. The van der Waals surface area contributed by atoms with E-state index in [4.69, 9.17) is 27.1 Å². The van der Waals surface area contributed by atoms with Crippen LogP contribution in [-0.2, 0) is 17.9 Å². The second kappa shape index (κ2) is 11.2. The van der Waals surface area contributed by atoms with Crippen LogP contribution in [0, 0.1) is 0 Å². The maximum absolute atomic E-state index is 10.9. The number of hydrogen-bond acceptors (Lipinski definition) is 5. The molecule has 30 heavy (non-hydrogen) atoms. The van der Waals surface area contributed by atoms with E-state index in [-0.39, 0.29) is 6.61 Å². The van der Waals surface area contributed by atoms with Gasteiger partial charge in [0, 0.05) is 44.1 Å². The summed E-state index contributed by atoms with van der Waals surface area (Å²) in [5, 5.41) is 3.39. The number of halogens is 1. The van der Waals surface area contributed by atoms with E-state index in [0.29, 0.717) is 12.3 Å². The molecule has 1 aliphatic rings. The summed E-state index contributed by atoms with van der Waals surface area (Å²) in [7, 11) is 0. The third-order valence-corrected chi connectivity index (χ3v) is 5.92. The molecule has 162 valence electrons. The number of rotatable bonds is 8. The molecule has 1 aliphatic heterocycles. The summed E-state index contributed by atoms with van der Waals surface area (Å²) in [4.78, 5) is 21.8. The van der Waals surface area contributed by atoms with E-state index in [1.165, 1.54) is 4.88 Å². The Morgan fingerprint density at radius 3 is 2.73 bits per heavy atom. The lowest BCUT2D eigenvalue weighted by Gasteiger charge is -2.36. The van der Waals surface area contributed by atoms with Crippen molar-refractivity contribution in [1.29, 1.82) is 0 Å². The van der Waals surface area contributed by atoms with Gasteiger partial charge in [-0.15, -0.1) is 11.3 Å². The Hall–Kier alpha value is -2.29. The van der Waals surface area contributed by atoms with Gasteiger partial charge in [0.05, 0.1) is 10.9 Å². The number of nitrogens with zero attached hydrogens (tertiary/aromatic N) is 3. The number of aliphatic imine (C=N–C) groups is 1. The lowest BCUT2D eigenvalue weighted by Crippen LogP contribution is -2.52. The first-order valence-corrected chi connectivity index (χ1v) is 11.2. The number of thiophene rings is 1. The third-order valence-electron chi connectivity index (χ3n) is 4.71. The first-order valence-electron chi connectivity index (χ1n) is 10.0. The van der Waals surface area contributed by atoms with Gasteiger partial charge in [-0.25, -0.2) is 4.99 Å². The van der Waals surface area contributed by atoms with Crippen molar-refractivity contribution < 1.29 is 9.53 Å². The molecule has 0 bridgehead atoms. The number of amides is 1. The first kappa shape index (κ1) is 22.4. The minimum Gasteiger partial charge on any atom is -0.484 e. The van der Waals surface area contributed by atoms with Crippen LogP contribution < -0.4 is 15.8 Å². The molecule has 9 heteroatoms. The van der Waals surface area contributed by atoms with Gasteiger partial charge in [0.1, 0.15) is 5.75 Å². The molecule has 3 N–H and O–H groups in total. The van der Waals surface area contributed by atoms with Gasteiger partial charge >= 0.3 is 0 Å². The van der Waals surface area contributed by atoms with Crippen molar-refractivity contribution in [1.82, 2.24) is 15.1 Å². The number of ether oxygens (including phenoxy) is 1. The van der Waals surface area contributed by atoms with Gasteiger partial charge in [0.2, 0.25) is 0 Å². The van der Waals surface area contributed by atoms with E-state index in [2.05, 4.69) is 28.1 Å². The van der Waals surface area contributed by atoms with E-state index in [1.54, 1.807) is 17.4 Å². The van der Waals surface area contributed by atoms with Crippen molar-refractivity contribution >= 4 is 34.8 Å². The molecule has 1 aromatic carbocycles. The van der Waals surface area contributed by atoms with Crippen LogP contribution in [0.25, 0.3) is 0 Å². The molecule has 2 heterocycles. The molecule has 0 spiro atoms. The van der Waals surface area contributed by atoms with E-state index in [9.17, 15) is 4.79 Å². The number of hydrogen-bond donors (Lipinski definition) is 2. The van der Waals surface area contributed by atoms with Crippen LogP contribution in [0.2, 0.25) is 4.34 Å². The summed E-state index contributed by atoms with van der Waals surface area (Å²) < 4.78 is 6.22. The fraction of sp³-hybridized carbons (Fsp3) is 0.429. The summed E-state index contributed by atoms with van der Waals surface area (Å²) in [5.74, 6) is 1.04. The lowest BCUT2D eigenvalue weighted by atomic mass is 10.2. The van der Waals surface area contributed by atoms with Crippen LogP contribution in [0.5, 0.6) is 5.75 Å². The monoisotopic (exact) mass is 449 g/mol. The van der Waals surface area contributed by atoms with E-state index >= 15 is 0 Å². The highest BCUT2D eigenvalue weighted by molar-refractivity contribution is 7.16. The Kier molecular flexibility index (Phi) is 8.36. The van der Waals surface area contributed by atoms with Gasteiger partial charge in [-0.1, -0.05) is 23.7 Å². The van der Waals surface area contributed by atoms with E-state index in [1.807, 2.05) is 24.3 Å². The zero-order chi connectivity index (χ0) is 21.3. The molecular formula is C21H28ClN5O2S. The van der Waals surface area contributed by atoms with Crippen molar-refractivity contribution in [2.45, 2.75) is 20.0 Å². The van der Waals surface area contributed by atoms with Crippen LogP contribution in [0.3, 0.4) is 0 Å². The molecule has 1 amide bonds. The Labute approximate surface area is 186 Å². The maximum Gasteiger partial charge on any atom is 0.255 e. The zero-order valence-corrected chi connectivity index (χ0v) is 18.7. The van der Waals surface area contributed by atoms with Crippen LogP contribution in [0.1, 0.15) is 17.4 Å². The summed E-state index contributed by atoms with van der Waals surface area (Å²) in [6, 6.07) is 11.6. The number of nitrogens with two attached hydrogens (primary N) is 1. The Bertz CT molecular complexity index is 865. The number of carbonyl (C=O) groups is 1. The Morgan fingerprint density at radius 1 is 1.27 bits per heavy atom. The summed E-state index contributed by atoms with van der Waals surface area (Å²) in [6.45, 7) is 8.05. The molecule has 7 nitrogen and oxygen atoms in total. The smallest absolute Gasteiger partial charge is 0.255 e. The first-order chi connectivity index (χ1) is 14.5. The van der Waals surface area contributed by atoms with Crippen LogP contribution in [0.4, 0.5) is 0 Å². The van der Waals surface area contributed by atoms with Crippen molar-refractivity contribution in [3.05, 3.63) is 51.2 Å². The average Bonchev–Trinajstić information content (AvgIpc) is 3.15. The SMILES string of the molecule is CCNC(=NCc1cccc(OCC(N)=O)c1)N1CCN(Cc2ccc(Cl)s2)CC1. The number of nitrogens with one attached hydrogen (secondary N) is 1. The molecule has 0 unspecified atom stereocenters. The van der Waals surface area contributed by atoms with Crippen LogP contribution >= 0.6 is 22.9 Å². The highest BCUT2D eigenvalue weighted by Gasteiger charge is 2.20. The van der Waals surface area contributed by atoms with Gasteiger partial charge < -0.3 is 20.7 Å². The zero-order valence-electron chi connectivity index (χ0n) is 17.1. The van der Waals surface area contributed by atoms with Crippen molar-refractivity contribution in [2.75, 3.05) is 39.3 Å². The highest BCUT2D eigenvalue weighted by Crippen LogP contribution is 2.23. The van der Waals surface area contributed by atoms with Gasteiger partial charge in [-0.2, -0.15) is 0 Å². The second-order valence-electron chi connectivity index (χ2n) is 7.04. The van der Waals surface area contributed by atoms with Gasteiger partial charge in [0.15, 0.2) is 12.6 Å². The fourth-order valence-electron chi connectivity index (χ4n) is 3.25. The molecule has 1 fully saturated rings. The van der Waals surface area contributed by atoms with Gasteiger partial charge in [-0.3, -0.25) is 9.69 Å². The molecule has 0 radical (unpaired) electrons. The van der Waals surface area contributed by atoms with Crippen molar-refractivity contribution in [2.24, 2.45) is 10.7 Å². The second-order valence-corrected chi connectivity index (χ2v) is 8.84. The highest BCUT2D eigenvalue weighted by atomic mass is 35.5. The molecule has 2 aromatic rings. The minimum absolute atomic E-state index is 0.128. The minimum atomic E-state index is -0.492. The summed E-state index contributed by atoms with van der Waals surface area (Å²) >= 11 is 7.69. The summed E-state index contributed by atoms with van der Waals surface area (Å²) in [6.07, 6.45) is 0. The molecular weight excluding hydrogens is 422 g/mol. The topological polar surface area (TPSA) is 83.2 Å². The summed E-state index contributed by atoms with van der Waals surface area (Å²) in [5.41, 5.74) is 6.15. The van der Waals surface area contributed by atoms with Gasteiger partial charge in [-0.05, 0) is 36.8 Å². The molecule has 1 saturated heterocycles. The van der Waals surface area contributed by atoms with Crippen LogP contribution in [-0.4, -0.2) is 61.0 Å². The maximum atomic E-state index is 10.9.